The van der Waals surface area contributed by atoms with Gasteiger partial charge in [0.05, 0.1) is 12.4 Å². The van der Waals surface area contributed by atoms with Crippen LogP contribution in [0.5, 0.6) is 0 Å². The Morgan fingerprint density at radius 3 is 2.50 bits per heavy atom. The highest BCUT2D eigenvalue weighted by Crippen LogP contribution is 2.24. The van der Waals surface area contributed by atoms with E-state index in [4.69, 9.17) is 0 Å². The van der Waals surface area contributed by atoms with E-state index in [0.29, 0.717) is 18.2 Å². The number of hydrogen-bond acceptors (Lipinski definition) is 4. The fourth-order valence-electron chi connectivity index (χ4n) is 3.30. The van der Waals surface area contributed by atoms with Crippen LogP contribution in [0.15, 0.2) is 42.7 Å². The van der Waals surface area contributed by atoms with E-state index in [1.54, 1.807) is 12.4 Å². The van der Waals surface area contributed by atoms with Gasteiger partial charge in [0.25, 0.3) is 5.91 Å². The van der Waals surface area contributed by atoms with E-state index in [1.807, 2.05) is 0 Å². The second-order valence-electron chi connectivity index (χ2n) is 7.48. The lowest BCUT2D eigenvalue weighted by Crippen LogP contribution is -2.35. The highest BCUT2D eigenvalue weighted by atomic mass is 16.1. The molecule has 1 fully saturated rings. The van der Waals surface area contributed by atoms with E-state index >= 15 is 0 Å². The molecule has 1 aliphatic heterocycles. The minimum Gasteiger partial charge on any atom is -0.355 e. The number of rotatable bonds is 6. The summed E-state index contributed by atoms with van der Waals surface area (Å²) in [5, 5.41) is 2.87. The second-order valence-corrected chi connectivity index (χ2v) is 7.48. The predicted octanol–water partition coefficient (Wildman–Crippen LogP) is 3.32. The Bertz CT molecular complexity index is 692. The van der Waals surface area contributed by atoms with Crippen LogP contribution in [0.2, 0.25) is 0 Å². The number of aromatic nitrogens is 2. The maximum atomic E-state index is 12.0. The summed E-state index contributed by atoms with van der Waals surface area (Å²) in [6.07, 6.45) is 6.78. The fourth-order valence-corrected chi connectivity index (χ4v) is 3.30. The Morgan fingerprint density at radius 2 is 1.88 bits per heavy atom. The van der Waals surface area contributed by atoms with Gasteiger partial charge in [-0.05, 0) is 36.7 Å². The number of anilines is 1. The summed E-state index contributed by atoms with van der Waals surface area (Å²) in [5.41, 5.74) is 1.80. The molecule has 2 heterocycles. The summed E-state index contributed by atoms with van der Waals surface area (Å²) in [6.45, 7) is 6.76. The molecule has 0 spiro atoms. The lowest BCUT2D eigenvalue weighted by Gasteiger charge is -2.32. The van der Waals surface area contributed by atoms with Crippen LogP contribution < -0.4 is 10.2 Å². The molecule has 1 aromatic heterocycles. The molecule has 1 aliphatic rings. The third kappa shape index (κ3) is 5.04. The molecule has 0 atom stereocenters. The van der Waals surface area contributed by atoms with Crippen molar-refractivity contribution in [1.82, 2.24) is 15.3 Å². The zero-order chi connectivity index (χ0) is 18.4. The van der Waals surface area contributed by atoms with Crippen LogP contribution in [0, 0.1) is 11.8 Å². The first-order chi connectivity index (χ1) is 12.6. The summed E-state index contributed by atoms with van der Waals surface area (Å²) < 4.78 is 0. The first-order valence-corrected chi connectivity index (χ1v) is 9.51. The van der Waals surface area contributed by atoms with Crippen molar-refractivity contribution < 1.29 is 4.79 Å². The number of hydrogen-bond donors (Lipinski definition) is 1. The second kappa shape index (κ2) is 8.79. The summed E-state index contributed by atoms with van der Waals surface area (Å²) >= 11 is 0. The molecule has 5 heteroatoms. The molecule has 0 radical (unpaired) electrons. The maximum absolute atomic E-state index is 12.0. The Morgan fingerprint density at radius 1 is 1.15 bits per heavy atom. The van der Waals surface area contributed by atoms with E-state index in [1.165, 1.54) is 5.56 Å². The summed E-state index contributed by atoms with van der Waals surface area (Å²) in [5.74, 6) is 1.86. The van der Waals surface area contributed by atoms with Crippen molar-refractivity contribution in [2.24, 2.45) is 11.8 Å². The van der Waals surface area contributed by atoms with Gasteiger partial charge in [-0.25, -0.2) is 9.97 Å². The Kier molecular flexibility index (Phi) is 6.21. The van der Waals surface area contributed by atoms with Crippen LogP contribution in [-0.4, -0.2) is 35.5 Å². The number of nitrogens with zero attached hydrogens (tertiary/aromatic N) is 3. The average molecular weight is 352 g/mol. The predicted molar refractivity (Wildman–Crippen MR) is 104 cm³/mol. The van der Waals surface area contributed by atoms with Crippen molar-refractivity contribution >= 4 is 11.7 Å². The number of carbonyl (C=O) groups excluding carboxylic acids is 1. The van der Waals surface area contributed by atoms with Crippen molar-refractivity contribution in [1.29, 1.82) is 0 Å². The van der Waals surface area contributed by atoms with Gasteiger partial charge < -0.3 is 10.2 Å². The van der Waals surface area contributed by atoms with Gasteiger partial charge in [0, 0.05) is 19.6 Å². The monoisotopic (exact) mass is 352 g/mol. The van der Waals surface area contributed by atoms with Gasteiger partial charge in [0.1, 0.15) is 11.5 Å². The van der Waals surface area contributed by atoms with Crippen molar-refractivity contribution in [2.45, 2.75) is 33.1 Å². The van der Waals surface area contributed by atoms with Crippen LogP contribution in [-0.2, 0) is 6.42 Å². The average Bonchev–Trinajstić information content (AvgIpc) is 2.68. The number of benzene rings is 1. The van der Waals surface area contributed by atoms with Gasteiger partial charge in [-0.1, -0.05) is 44.2 Å². The summed E-state index contributed by atoms with van der Waals surface area (Å²) in [6, 6.07) is 10.7. The van der Waals surface area contributed by atoms with Crippen LogP contribution in [0.25, 0.3) is 0 Å². The molecule has 1 amide bonds. The molecule has 1 saturated heterocycles. The minimum atomic E-state index is -0.153. The SMILES string of the molecule is CC(C)CNC(=O)c1cnc(N2CCC(Cc3ccccc3)CC2)cn1. The fraction of sp³-hybridized carbons (Fsp3) is 0.476. The van der Waals surface area contributed by atoms with Gasteiger partial charge >= 0.3 is 0 Å². The van der Waals surface area contributed by atoms with E-state index < -0.39 is 0 Å². The topological polar surface area (TPSA) is 58.1 Å². The third-order valence-electron chi connectivity index (χ3n) is 4.85. The Balaban J connectivity index is 1.50. The van der Waals surface area contributed by atoms with Crippen LogP contribution >= 0.6 is 0 Å². The van der Waals surface area contributed by atoms with Gasteiger partial charge in [-0.3, -0.25) is 4.79 Å². The molecular formula is C21H28N4O. The van der Waals surface area contributed by atoms with E-state index in [0.717, 1.165) is 44.1 Å². The Hall–Kier alpha value is -2.43. The van der Waals surface area contributed by atoms with Crippen molar-refractivity contribution in [3.05, 3.63) is 54.0 Å². The molecule has 3 rings (SSSR count). The maximum Gasteiger partial charge on any atom is 0.271 e. The van der Waals surface area contributed by atoms with Gasteiger partial charge in [-0.15, -0.1) is 0 Å². The number of amides is 1. The van der Waals surface area contributed by atoms with Crippen LogP contribution in [0.4, 0.5) is 5.82 Å². The molecule has 2 aromatic rings. The smallest absolute Gasteiger partial charge is 0.271 e. The number of piperidine rings is 1. The first kappa shape index (κ1) is 18.4. The lowest BCUT2D eigenvalue weighted by molar-refractivity contribution is 0.0943. The first-order valence-electron chi connectivity index (χ1n) is 9.51. The van der Waals surface area contributed by atoms with Gasteiger partial charge in [0.15, 0.2) is 0 Å². The number of nitrogens with one attached hydrogen (secondary N) is 1. The highest BCUT2D eigenvalue weighted by Gasteiger charge is 2.21. The largest absolute Gasteiger partial charge is 0.355 e. The molecule has 0 saturated carbocycles. The zero-order valence-corrected chi connectivity index (χ0v) is 15.7. The van der Waals surface area contributed by atoms with Crippen molar-refractivity contribution in [3.8, 4) is 0 Å². The van der Waals surface area contributed by atoms with E-state index in [2.05, 4.69) is 64.4 Å². The van der Waals surface area contributed by atoms with E-state index in [-0.39, 0.29) is 5.91 Å². The van der Waals surface area contributed by atoms with Gasteiger partial charge in [-0.2, -0.15) is 0 Å². The van der Waals surface area contributed by atoms with Crippen LogP contribution in [0.1, 0.15) is 42.7 Å². The summed E-state index contributed by atoms with van der Waals surface area (Å²) in [7, 11) is 0. The highest BCUT2D eigenvalue weighted by molar-refractivity contribution is 5.92. The molecular weight excluding hydrogens is 324 g/mol. The minimum absolute atomic E-state index is 0.153. The molecule has 26 heavy (non-hydrogen) atoms. The van der Waals surface area contributed by atoms with Crippen molar-refractivity contribution in [3.63, 3.8) is 0 Å². The number of carbonyl (C=O) groups is 1. The molecule has 0 bridgehead atoms. The molecule has 1 aromatic carbocycles. The molecule has 1 N–H and O–H groups in total. The van der Waals surface area contributed by atoms with Crippen molar-refractivity contribution in [2.75, 3.05) is 24.5 Å². The van der Waals surface area contributed by atoms with Crippen LogP contribution in [0.3, 0.4) is 0 Å². The standard InChI is InChI=1S/C21H28N4O/c1-16(2)13-24-21(26)19-14-23-20(15-22-19)25-10-8-18(9-11-25)12-17-6-4-3-5-7-17/h3-7,14-16,18H,8-13H2,1-2H3,(H,24,26). The molecule has 0 aliphatic carbocycles. The van der Waals surface area contributed by atoms with E-state index in [9.17, 15) is 4.79 Å². The lowest BCUT2D eigenvalue weighted by atomic mass is 9.90. The molecule has 138 valence electrons. The Labute approximate surface area is 155 Å². The molecule has 5 nitrogen and oxygen atoms in total. The third-order valence-corrected chi connectivity index (χ3v) is 4.85. The molecule has 0 unspecified atom stereocenters. The normalized spacial score (nSPS) is 15.3. The zero-order valence-electron chi connectivity index (χ0n) is 15.7. The summed E-state index contributed by atoms with van der Waals surface area (Å²) in [4.78, 5) is 23.1. The quantitative estimate of drug-likeness (QED) is 0.866. The van der Waals surface area contributed by atoms with Gasteiger partial charge in [0.2, 0.25) is 0 Å².